The van der Waals surface area contributed by atoms with Crippen molar-refractivity contribution in [3.05, 3.63) is 60.8 Å². The lowest BCUT2D eigenvalue weighted by molar-refractivity contribution is -0.154. The van der Waals surface area contributed by atoms with Crippen LogP contribution in [0, 0.1) is 0 Å². The van der Waals surface area contributed by atoms with Crippen molar-refractivity contribution in [1.82, 2.24) is 0 Å². The van der Waals surface area contributed by atoms with Gasteiger partial charge in [0, 0.05) is 13.0 Å². The van der Waals surface area contributed by atoms with Gasteiger partial charge >= 0.3 is 5.97 Å². The van der Waals surface area contributed by atoms with Crippen molar-refractivity contribution in [1.29, 1.82) is 0 Å². The summed E-state index contributed by atoms with van der Waals surface area (Å²) in [6.45, 7) is 5.24. The van der Waals surface area contributed by atoms with E-state index in [1.807, 2.05) is 0 Å². The lowest BCUT2D eigenvalue weighted by Gasteiger charge is -2.16. The summed E-state index contributed by atoms with van der Waals surface area (Å²) < 4.78 is 11.2. The molecule has 4 nitrogen and oxygen atoms in total. The highest BCUT2D eigenvalue weighted by atomic mass is 16.6. The van der Waals surface area contributed by atoms with Gasteiger partial charge in [-0.15, -0.1) is 0 Å². The SMILES string of the molecule is CC/C=C\C/C=C\C/C=C\C/C=C\CCCCCCCCCCCCCCC(=O)OC(CO)COCCCCCCCCCC/C=C\CCCCCCCC. The van der Waals surface area contributed by atoms with Gasteiger partial charge in [0.15, 0.2) is 0 Å². The Morgan fingerprint density at radius 1 is 0.455 bits per heavy atom. The Kier molecular flexibility index (Phi) is 46.6. The van der Waals surface area contributed by atoms with E-state index in [4.69, 9.17) is 9.47 Å². The van der Waals surface area contributed by atoms with Crippen LogP contribution in [0.3, 0.4) is 0 Å². The number of aliphatic hydroxyl groups excluding tert-OH is 1. The van der Waals surface area contributed by atoms with Gasteiger partial charge in [-0.3, -0.25) is 4.79 Å². The van der Waals surface area contributed by atoms with Crippen molar-refractivity contribution in [3.8, 4) is 0 Å². The minimum atomic E-state index is -0.539. The molecule has 0 aromatic carbocycles. The topological polar surface area (TPSA) is 55.8 Å². The van der Waals surface area contributed by atoms with E-state index < -0.39 is 6.10 Å². The molecule has 1 N–H and O–H groups in total. The van der Waals surface area contributed by atoms with E-state index in [1.54, 1.807) is 0 Å². The summed E-state index contributed by atoms with van der Waals surface area (Å²) in [6.07, 6.45) is 64.4. The maximum absolute atomic E-state index is 12.3. The summed E-state index contributed by atoms with van der Waals surface area (Å²) in [5.41, 5.74) is 0. The molecule has 0 saturated carbocycles. The molecule has 0 heterocycles. The Morgan fingerprint density at radius 3 is 1.25 bits per heavy atom. The summed E-state index contributed by atoms with van der Waals surface area (Å²) in [5.74, 6) is -0.203. The molecule has 1 atom stereocenters. The maximum atomic E-state index is 12.3. The van der Waals surface area contributed by atoms with Crippen LogP contribution in [0.25, 0.3) is 0 Å². The van der Waals surface area contributed by atoms with E-state index in [1.165, 1.54) is 167 Å². The van der Waals surface area contributed by atoms with Crippen LogP contribution in [0.15, 0.2) is 60.8 Å². The molecule has 0 aliphatic carbocycles. The third-order valence-electron chi connectivity index (χ3n) is 10.3. The second kappa shape index (κ2) is 48.2. The van der Waals surface area contributed by atoms with Gasteiger partial charge in [-0.05, 0) is 77.0 Å². The number of carbonyl (C=O) groups is 1. The minimum absolute atomic E-state index is 0.174. The molecule has 320 valence electrons. The zero-order valence-electron chi connectivity index (χ0n) is 36.7. The molecule has 4 heteroatoms. The van der Waals surface area contributed by atoms with Gasteiger partial charge in [0.05, 0.1) is 13.2 Å². The van der Waals surface area contributed by atoms with Crippen molar-refractivity contribution in [3.63, 3.8) is 0 Å². The zero-order valence-corrected chi connectivity index (χ0v) is 36.7. The second-order valence-corrected chi connectivity index (χ2v) is 15.8. The van der Waals surface area contributed by atoms with Crippen molar-refractivity contribution >= 4 is 5.97 Å². The van der Waals surface area contributed by atoms with E-state index >= 15 is 0 Å². The summed E-state index contributed by atoms with van der Waals surface area (Å²) >= 11 is 0. The Morgan fingerprint density at radius 2 is 0.818 bits per heavy atom. The minimum Gasteiger partial charge on any atom is -0.457 e. The van der Waals surface area contributed by atoms with Gasteiger partial charge in [0.1, 0.15) is 6.10 Å². The number of aliphatic hydroxyl groups is 1. The fourth-order valence-corrected chi connectivity index (χ4v) is 6.79. The van der Waals surface area contributed by atoms with Crippen LogP contribution < -0.4 is 0 Å². The average Bonchev–Trinajstić information content (AvgIpc) is 3.19. The molecule has 0 bridgehead atoms. The Labute approximate surface area is 343 Å². The van der Waals surface area contributed by atoms with Gasteiger partial charge in [-0.25, -0.2) is 0 Å². The molecule has 55 heavy (non-hydrogen) atoms. The summed E-state index contributed by atoms with van der Waals surface area (Å²) in [4.78, 5) is 12.3. The van der Waals surface area contributed by atoms with Gasteiger partial charge in [-0.2, -0.15) is 0 Å². The Hall–Kier alpha value is -1.91. The van der Waals surface area contributed by atoms with Gasteiger partial charge in [0.2, 0.25) is 0 Å². The first-order valence-corrected chi connectivity index (χ1v) is 23.9. The van der Waals surface area contributed by atoms with Crippen LogP contribution >= 0.6 is 0 Å². The smallest absolute Gasteiger partial charge is 0.306 e. The molecule has 0 aliphatic rings. The molecule has 0 rings (SSSR count). The van der Waals surface area contributed by atoms with Crippen LogP contribution in [-0.4, -0.2) is 37.0 Å². The number of hydrogen-bond donors (Lipinski definition) is 1. The zero-order chi connectivity index (χ0) is 39.8. The molecule has 0 saturated heterocycles. The summed E-state index contributed by atoms with van der Waals surface area (Å²) in [7, 11) is 0. The van der Waals surface area contributed by atoms with E-state index in [9.17, 15) is 9.90 Å². The highest BCUT2D eigenvalue weighted by Crippen LogP contribution is 2.15. The maximum Gasteiger partial charge on any atom is 0.306 e. The quantitative estimate of drug-likeness (QED) is 0.0381. The van der Waals surface area contributed by atoms with Crippen molar-refractivity contribution in [2.24, 2.45) is 0 Å². The fraction of sp³-hybridized carbons (Fsp3) is 0.784. The van der Waals surface area contributed by atoms with E-state index in [-0.39, 0.29) is 12.6 Å². The predicted molar refractivity (Wildman–Crippen MR) is 242 cm³/mol. The van der Waals surface area contributed by atoms with Crippen molar-refractivity contribution in [2.75, 3.05) is 19.8 Å². The van der Waals surface area contributed by atoms with Crippen LogP contribution in [0.1, 0.15) is 232 Å². The number of unbranched alkanes of at least 4 members (excludes halogenated alkanes) is 26. The number of esters is 1. The van der Waals surface area contributed by atoms with Gasteiger partial charge in [-0.1, -0.05) is 209 Å². The lowest BCUT2D eigenvalue weighted by Crippen LogP contribution is -2.27. The molecule has 0 aromatic heterocycles. The average molecular weight is 769 g/mol. The normalized spacial score (nSPS) is 12.9. The van der Waals surface area contributed by atoms with E-state index in [0.29, 0.717) is 19.6 Å². The fourth-order valence-electron chi connectivity index (χ4n) is 6.79. The second-order valence-electron chi connectivity index (χ2n) is 15.8. The van der Waals surface area contributed by atoms with E-state index in [0.717, 1.165) is 44.9 Å². The molecule has 0 spiro atoms. The number of hydrogen-bond acceptors (Lipinski definition) is 4. The Balaban J connectivity index is 3.42. The molecule has 0 aromatic rings. The molecule has 0 aliphatic heterocycles. The third-order valence-corrected chi connectivity index (χ3v) is 10.3. The number of carbonyl (C=O) groups excluding carboxylic acids is 1. The monoisotopic (exact) mass is 769 g/mol. The van der Waals surface area contributed by atoms with Crippen molar-refractivity contribution in [2.45, 2.75) is 238 Å². The molecular formula is C51H92O4. The molecule has 0 fully saturated rings. The number of allylic oxidation sites excluding steroid dienone is 10. The summed E-state index contributed by atoms with van der Waals surface area (Å²) in [5, 5.41) is 9.63. The lowest BCUT2D eigenvalue weighted by atomic mass is 10.0. The highest BCUT2D eigenvalue weighted by Gasteiger charge is 2.13. The molecule has 1 unspecified atom stereocenters. The van der Waals surface area contributed by atoms with E-state index in [2.05, 4.69) is 74.6 Å². The predicted octanol–water partition coefficient (Wildman–Crippen LogP) is 16.0. The van der Waals surface area contributed by atoms with Crippen molar-refractivity contribution < 1.29 is 19.4 Å². The third kappa shape index (κ3) is 46.4. The number of ether oxygens (including phenoxy) is 2. The largest absolute Gasteiger partial charge is 0.457 e. The molecule has 0 radical (unpaired) electrons. The van der Waals surface area contributed by atoms with Crippen LogP contribution in [0.4, 0.5) is 0 Å². The molecular weight excluding hydrogens is 677 g/mol. The summed E-state index contributed by atoms with van der Waals surface area (Å²) in [6, 6.07) is 0. The number of rotatable bonds is 44. The first-order valence-electron chi connectivity index (χ1n) is 23.9. The first-order chi connectivity index (χ1) is 27.2. The molecule has 0 amide bonds. The Bertz CT molecular complexity index is 900. The van der Waals surface area contributed by atoms with Crippen LogP contribution in [0.2, 0.25) is 0 Å². The standard InChI is InChI=1S/C51H92O4/c1-3-5-7-9-11-13-15-17-19-21-23-24-25-26-27-28-29-30-32-34-36-38-40-42-44-46-51(53)55-50(48-52)49-54-47-45-43-41-39-37-35-33-31-22-20-18-16-14-12-10-8-6-4-2/h5,7,11,13,17-20,23-24,50,52H,3-4,6,8-10,12,14-16,21-22,25-49H2,1-2H3/b7-5-,13-11-,19-17-,20-18-,24-23-. The van der Waals surface area contributed by atoms with Crippen LogP contribution in [0.5, 0.6) is 0 Å². The van der Waals surface area contributed by atoms with Gasteiger partial charge in [0.25, 0.3) is 0 Å². The first kappa shape index (κ1) is 53.1. The highest BCUT2D eigenvalue weighted by molar-refractivity contribution is 5.69. The van der Waals surface area contributed by atoms with Gasteiger partial charge < -0.3 is 14.6 Å². The van der Waals surface area contributed by atoms with Crippen LogP contribution in [-0.2, 0) is 14.3 Å².